The van der Waals surface area contributed by atoms with E-state index in [-0.39, 0.29) is 17.6 Å². The van der Waals surface area contributed by atoms with Crippen LogP contribution in [0.25, 0.3) is 0 Å². The van der Waals surface area contributed by atoms with Crippen molar-refractivity contribution in [3.63, 3.8) is 0 Å². The lowest BCUT2D eigenvalue weighted by Gasteiger charge is -2.31. The second-order valence-electron chi connectivity index (χ2n) is 10.8. The van der Waals surface area contributed by atoms with Gasteiger partial charge in [-0.1, -0.05) is 12.1 Å². The van der Waals surface area contributed by atoms with Crippen molar-refractivity contribution < 1.29 is 27.4 Å². The molecule has 2 N–H and O–H groups in total. The second-order valence-corrected chi connectivity index (χ2v) is 12.3. The van der Waals surface area contributed by atoms with E-state index in [9.17, 15) is 13.2 Å². The van der Waals surface area contributed by atoms with Crippen LogP contribution in [-0.4, -0.2) is 57.3 Å². The molecule has 1 aliphatic carbocycles. The fourth-order valence-electron chi connectivity index (χ4n) is 5.15. The molecule has 1 amide bonds. The van der Waals surface area contributed by atoms with Gasteiger partial charge in [-0.25, -0.2) is 23.3 Å². The first-order valence-electron chi connectivity index (χ1n) is 13.6. The van der Waals surface area contributed by atoms with E-state index in [1.807, 2.05) is 24.3 Å². The number of pyridine rings is 1. The van der Waals surface area contributed by atoms with Crippen molar-refractivity contribution in [1.29, 1.82) is 0 Å². The summed E-state index contributed by atoms with van der Waals surface area (Å²) in [6, 6.07) is 10.7. The predicted molar refractivity (Wildman–Crippen MR) is 141 cm³/mol. The Kier molecular flexibility index (Phi) is 8.50. The summed E-state index contributed by atoms with van der Waals surface area (Å²) in [4.78, 5) is 19.4. The molecule has 3 aliphatic rings. The molecule has 0 bridgehead atoms. The van der Waals surface area contributed by atoms with Crippen molar-refractivity contribution in [2.24, 2.45) is 17.0 Å². The highest BCUT2D eigenvalue weighted by molar-refractivity contribution is 7.89. The highest BCUT2D eigenvalue weighted by Gasteiger charge is 2.27. The largest absolute Gasteiger partial charge is 0.477 e. The molecule has 38 heavy (non-hydrogen) atoms. The van der Waals surface area contributed by atoms with Crippen molar-refractivity contribution in [3.05, 3.63) is 53.2 Å². The molecule has 0 spiro atoms. The average Bonchev–Trinajstić information content (AvgIpc) is 3.77. The highest BCUT2D eigenvalue weighted by atomic mass is 32.2. The number of carbonyl (C=O) groups is 1. The normalized spacial score (nSPS) is 19.3. The van der Waals surface area contributed by atoms with Crippen LogP contribution in [0.4, 0.5) is 4.79 Å². The van der Waals surface area contributed by atoms with Gasteiger partial charge < -0.3 is 19.1 Å². The first-order valence-corrected chi connectivity index (χ1v) is 15.1. The number of primary sulfonamides is 1. The molecule has 10 heteroatoms. The third kappa shape index (κ3) is 7.45. The van der Waals surface area contributed by atoms with Gasteiger partial charge in [0.05, 0.1) is 11.5 Å². The van der Waals surface area contributed by atoms with Crippen LogP contribution in [0, 0.1) is 11.8 Å². The number of hydrogen-bond donors (Lipinski definition) is 1. The van der Waals surface area contributed by atoms with E-state index >= 15 is 0 Å². The van der Waals surface area contributed by atoms with Gasteiger partial charge in [-0.3, -0.25) is 0 Å². The summed E-state index contributed by atoms with van der Waals surface area (Å²) in [5, 5.41) is 5.18. The minimum Gasteiger partial charge on any atom is -0.477 e. The second kappa shape index (κ2) is 12.0. The number of benzene rings is 1. The fourth-order valence-corrected chi connectivity index (χ4v) is 5.66. The number of rotatable bonds is 9. The molecule has 0 radical (unpaired) electrons. The topological polar surface area (TPSA) is 121 Å². The van der Waals surface area contributed by atoms with E-state index < -0.39 is 10.0 Å². The van der Waals surface area contributed by atoms with E-state index in [1.165, 1.54) is 0 Å². The van der Waals surface area contributed by atoms with Crippen molar-refractivity contribution in [2.75, 3.05) is 32.9 Å². The number of aromatic nitrogens is 1. The minimum absolute atomic E-state index is 0.121. The van der Waals surface area contributed by atoms with Gasteiger partial charge in [0.25, 0.3) is 0 Å². The molecule has 1 aromatic carbocycles. The molecule has 2 saturated heterocycles. The predicted octanol–water partition coefficient (Wildman–Crippen LogP) is 4.00. The third-order valence-corrected chi connectivity index (χ3v) is 8.63. The number of ether oxygens (including phenoxy) is 3. The molecule has 1 aromatic heterocycles. The SMILES string of the molecule is NS(=O)(=O)c1ccc(CC2CCN(C(=O)OCc3cc(OCC4CCOCC4)nc(C4CC4)c3)CC2)cc1. The summed E-state index contributed by atoms with van der Waals surface area (Å²) in [7, 11) is -3.68. The highest BCUT2D eigenvalue weighted by Crippen LogP contribution is 2.40. The molecular formula is C28H37N3O6S. The molecule has 3 heterocycles. The minimum atomic E-state index is -3.68. The molecule has 2 aromatic rings. The Labute approximate surface area is 224 Å². The summed E-state index contributed by atoms with van der Waals surface area (Å²) in [6.45, 7) is 3.69. The Morgan fingerprint density at radius 2 is 1.68 bits per heavy atom. The zero-order valence-electron chi connectivity index (χ0n) is 21.7. The molecule has 1 saturated carbocycles. The van der Waals surface area contributed by atoms with Gasteiger partial charge in [0.15, 0.2) is 0 Å². The summed E-state index contributed by atoms with van der Waals surface area (Å²) in [5.41, 5.74) is 3.01. The van der Waals surface area contributed by atoms with E-state index in [4.69, 9.17) is 24.3 Å². The zero-order chi connectivity index (χ0) is 26.5. The van der Waals surface area contributed by atoms with Crippen molar-refractivity contribution in [3.8, 4) is 5.88 Å². The summed E-state index contributed by atoms with van der Waals surface area (Å²) in [6.07, 6.45) is 6.58. The lowest BCUT2D eigenvalue weighted by atomic mass is 9.90. The fraction of sp³-hybridized carbons (Fsp3) is 0.571. The zero-order valence-corrected chi connectivity index (χ0v) is 22.5. The standard InChI is InChI=1S/C28H37N3O6S/c29-38(33,34)25-5-1-20(2-6-25)15-21-7-11-31(12-8-21)28(32)37-19-23-16-26(24-3-4-24)30-27(17-23)36-18-22-9-13-35-14-10-22/h1-2,5-6,16-17,21-22,24H,3-4,7-15,18-19H2,(H2,29,33,34). The van der Waals surface area contributed by atoms with E-state index in [0.29, 0.717) is 43.3 Å². The van der Waals surface area contributed by atoms with Crippen LogP contribution in [-0.2, 0) is 32.5 Å². The summed E-state index contributed by atoms with van der Waals surface area (Å²) >= 11 is 0. The van der Waals surface area contributed by atoms with Gasteiger partial charge in [0, 0.05) is 44.0 Å². The van der Waals surface area contributed by atoms with Crippen LogP contribution in [0.15, 0.2) is 41.3 Å². The number of sulfonamides is 1. The Hall–Kier alpha value is -2.69. The molecule has 3 fully saturated rings. The van der Waals surface area contributed by atoms with E-state index in [1.54, 1.807) is 17.0 Å². The maximum Gasteiger partial charge on any atom is 0.410 e. The van der Waals surface area contributed by atoms with Gasteiger partial charge in [-0.2, -0.15) is 0 Å². The van der Waals surface area contributed by atoms with Gasteiger partial charge >= 0.3 is 6.09 Å². The molecule has 0 unspecified atom stereocenters. The molecule has 0 atom stereocenters. The maximum absolute atomic E-state index is 12.8. The number of nitrogens with zero attached hydrogens (tertiary/aromatic N) is 2. The van der Waals surface area contributed by atoms with Crippen LogP contribution in [0.1, 0.15) is 61.3 Å². The Bertz CT molecular complexity index is 1200. The number of piperidine rings is 1. The van der Waals surface area contributed by atoms with Crippen molar-refractivity contribution >= 4 is 16.1 Å². The lowest BCUT2D eigenvalue weighted by molar-refractivity contribution is 0.0489. The van der Waals surface area contributed by atoms with Crippen molar-refractivity contribution in [1.82, 2.24) is 9.88 Å². The van der Waals surface area contributed by atoms with Gasteiger partial charge in [-0.05, 0) is 86.1 Å². The maximum atomic E-state index is 12.8. The summed E-state index contributed by atoms with van der Waals surface area (Å²) in [5.74, 6) is 2.01. The van der Waals surface area contributed by atoms with Crippen LogP contribution in [0.5, 0.6) is 5.88 Å². The van der Waals surface area contributed by atoms with Gasteiger partial charge in [0.2, 0.25) is 15.9 Å². The Morgan fingerprint density at radius 3 is 2.34 bits per heavy atom. The lowest BCUT2D eigenvalue weighted by Crippen LogP contribution is -2.39. The number of carbonyl (C=O) groups excluding carboxylic acids is 1. The van der Waals surface area contributed by atoms with E-state index in [2.05, 4.69) is 0 Å². The number of amides is 1. The summed E-state index contributed by atoms with van der Waals surface area (Å²) < 4.78 is 40.1. The van der Waals surface area contributed by atoms with Crippen molar-refractivity contribution in [2.45, 2.75) is 62.4 Å². The Morgan fingerprint density at radius 1 is 0.974 bits per heavy atom. The number of hydrogen-bond acceptors (Lipinski definition) is 7. The van der Waals surface area contributed by atoms with Crippen LogP contribution < -0.4 is 9.88 Å². The quantitative estimate of drug-likeness (QED) is 0.507. The Balaban J connectivity index is 1.10. The molecule has 206 valence electrons. The van der Waals surface area contributed by atoms with Gasteiger partial charge in [-0.15, -0.1) is 0 Å². The van der Waals surface area contributed by atoms with Gasteiger partial charge in [0.1, 0.15) is 6.61 Å². The smallest absolute Gasteiger partial charge is 0.410 e. The van der Waals surface area contributed by atoms with Crippen LogP contribution in [0.2, 0.25) is 0 Å². The number of nitrogens with two attached hydrogens (primary N) is 1. The first kappa shape index (κ1) is 26.9. The van der Waals surface area contributed by atoms with Crippen LogP contribution in [0.3, 0.4) is 0 Å². The first-order chi connectivity index (χ1) is 18.3. The number of likely N-dealkylation sites (tertiary alicyclic amines) is 1. The average molecular weight is 544 g/mol. The third-order valence-electron chi connectivity index (χ3n) is 7.70. The molecule has 5 rings (SSSR count). The molecule has 9 nitrogen and oxygen atoms in total. The monoisotopic (exact) mass is 543 g/mol. The van der Waals surface area contributed by atoms with Crippen LogP contribution >= 0.6 is 0 Å². The molecular weight excluding hydrogens is 506 g/mol. The van der Waals surface area contributed by atoms with E-state index in [0.717, 1.165) is 75.0 Å². The molecule has 2 aliphatic heterocycles.